The van der Waals surface area contributed by atoms with E-state index in [0.717, 1.165) is 28.6 Å². The van der Waals surface area contributed by atoms with Crippen LogP contribution in [-0.4, -0.2) is 43.8 Å². The van der Waals surface area contributed by atoms with Crippen LogP contribution in [-0.2, 0) is 14.8 Å². The Hall–Kier alpha value is -2.37. The first-order chi connectivity index (χ1) is 14.4. The van der Waals surface area contributed by atoms with Gasteiger partial charge in [-0.05, 0) is 36.4 Å². The SMILES string of the molecule is O=C(Nc1ccc(OC(F)(F)F)cc1)C1(F)CCN(S(=O)(=O)c2ccccc2Cl)CC1. The zero-order valence-electron chi connectivity index (χ0n) is 15.8. The molecular formula is C19H17ClF4N2O4S. The first-order valence-electron chi connectivity index (χ1n) is 9.02. The molecule has 0 radical (unpaired) electrons. The molecule has 0 saturated carbocycles. The van der Waals surface area contributed by atoms with Gasteiger partial charge >= 0.3 is 6.36 Å². The fourth-order valence-electron chi connectivity index (χ4n) is 3.08. The normalized spacial score (nSPS) is 17.2. The van der Waals surface area contributed by atoms with E-state index in [9.17, 15) is 26.4 Å². The molecule has 2 aromatic carbocycles. The highest BCUT2D eigenvalue weighted by molar-refractivity contribution is 7.89. The van der Waals surface area contributed by atoms with Gasteiger partial charge in [0.1, 0.15) is 10.6 Å². The molecule has 12 heteroatoms. The topological polar surface area (TPSA) is 75.7 Å². The summed E-state index contributed by atoms with van der Waals surface area (Å²) in [6.45, 7) is -0.480. The number of nitrogens with one attached hydrogen (secondary N) is 1. The number of hydrogen-bond acceptors (Lipinski definition) is 4. The molecule has 0 aliphatic carbocycles. The third-order valence-electron chi connectivity index (χ3n) is 4.72. The van der Waals surface area contributed by atoms with E-state index < -0.39 is 46.6 Å². The minimum Gasteiger partial charge on any atom is -0.406 e. The van der Waals surface area contributed by atoms with Crippen molar-refractivity contribution in [3.05, 3.63) is 53.6 Å². The van der Waals surface area contributed by atoms with Crippen molar-refractivity contribution in [3.8, 4) is 5.75 Å². The quantitative estimate of drug-likeness (QED) is 0.645. The lowest BCUT2D eigenvalue weighted by Gasteiger charge is -2.34. The number of carbonyl (C=O) groups excluding carboxylic acids is 1. The molecule has 1 amide bonds. The third kappa shape index (κ3) is 5.46. The molecule has 2 aromatic rings. The van der Waals surface area contributed by atoms with Crippen molar-refractivity contribution in [2.24, 2.45) is 0 Å². The first-order valence-corrected chi connectivity index (χ1v) is 10.8. The number of nitrogens with zero attached hydrogens (tertiary/aromatic N) is 1. The zero-order chi connectivity index (χ0) is 22.9. The predicted molar refractivity (Wildman–Crippen MR) is 105 cm³/mol. The number of benzene rings is 2. The van der Waals surface area contributed by atoms with E-state index in [1.165, 1.54) is 18.2 Å². The van der Waals surface area contributed by atoms with E-state index in [0.29, 0.717) is 0 Å². The summed E-state index contributed by atoms with van der Waals surface area (Å²) in [4.78, 5) is 12.3. The summed E-state index contributed by atoms with van der Waals surface area (Å²) in [6, 6.07) is 10.1. The van der Waals surface area contributed by atoms with Crippen LogP contribution in [0.3, 0.4) is 0 Å². The van der Waals surface area contributed by atoms with Gasteiger partial charge in [0.05, 0.1) is 5.02 Å². The maximum Gasteiger partial charge on any atom is 0.573 e. The summed E-state index contributed by atoms with van der Waals surface area (Å²) in [6.07, 6.45) is -5.64. The maximum atomic E-state index is 15.2. The van der Waals surface area contributed by atoms with Crippen LogP contribution >= 0.6 is 11.6 Å². The number of amides is 1. The predicted octanol–water partition coefficient (Wildman–Crippen LogP) is 4.37. The van der Waals surface area contributed by atoms with E-state index in [1.54, 1.807) is 6.07 Å². The highest BCUT2D eigenvalue weighted by Gasteiger charge is 2.44. The molecule has 0 unspecified atom stereocenters. The fraction of sp³-hybridized carbons (Fsp3) is 0.316. The van der Waals surface area contributed by atoms with Crippen molar-refractivity contribution in [3.63, 3.8) is 0 Å². The van der Waals surface area contributed by atoms with Gasteiger partial charge in [-0.25, -0.2) is 12.8 Å². The van der Waals surface area contributed by atoms with Crippen LogP contribution in [0.2, 0.25) is 5.02 Å². The molecule has 0 atom stereocenters. The molecule has 1 N–H and O–H groups in total. The Bertz CT molecular complexity index is 1050. The maximum absolute atomic E-state index is 15.2. The van der Waals surface area contributed by atoms with Crippen LogP contribution in [0.25, 0.3) is 0 Å². The van der Waals surface area contributed by atoms with Crippen molar-refractivity contribution >= 4 is 33.2 Å². The molecule has 6 nitrogen and oxygen atoms in total. The average molecular weight is 481 g/mol. The molecule has 3 rings (SSSR count). The summed E-state index contributed by atoms with van der Waals surface area (Å²) in [7, 11) is -3.95. The first kappa shape index (κ1) is 23.3. The number of anilines is 1. The Labute approximate surface area is 180 Å². The number of alkyl halides is 4. The summed E-state index contributed by atoms with van der Waals surface area (Å²) in [5, 5.41) is 2.33. The summed E-state index contributed by atoms with van der Waals surface area (Å²) >= 11 is 5.96. The van der Waals surface area contributed by atoms with Gasteiger partial charge in [-0.2, -0.15) is 4.31 Å². The lowest BCUT2D eigenvalue weighted by Crippen LogP contribution is -2.50. The van der Waals surface area contributed by atoms with Crippen molar-refractivity contribution < 1.29 is 35.5 Å². The van der Waals surface area contributed by atoms with Crippen LogP contribution in [0.4, 0.5) is 23.2 Å². The number of hydrogen-bond donors (Lipinski definition) is 1. The van der Waals surface area contributed by atoms with E-state index >= 15 is 4.39 Å². The number of ether oxygens (including phenoxy) is 1. The van der Waals surface area contributed by atoms with Gasteiger partial charge in [-0.3, -0.25) is 4.79 Å². The van der Waals surface area contributed by atoms with Gasteiger partial charge in [-0.15, -0.1) is 13.2 Å². The second kappa shape index (κ2) is 8.64. The number of halogens is 5. The van der Waals surface area contributed by atoms with Crippen molar-refractivity contribution in [2.45, 2.75) is 29.8 Å². The molecule has 1 saturated heterocycles. The van der Waals surface area contributed by atoms with E-state index in [-0.39, 0.29) is 28.7 Å². The molecule has 168 valence electrons. The molecule has 0 bridgehead atoms. The minimum absolute atomic E-state index is 0.0373. The van der Waals surface area contributed by atoms with Crippen LogP contribution in [0, 0.1) is 0 Å². The standard InChI is InChI=1S/C19H17ClF4N2O4S/c20-15-3-1-2-4-16(15)31(28,29)26-11-9-18(21,10-12-26)17(27)25-13-5-7-14(8-6-13)30-19(22,23)24/h1-8H,9-12H2,(H,25,27). The van der Waals surface area contributed by atoms with E-state index in [1.807, 2.05) is 0 Å². The van der Waals surface area contributed by atoms with Gasteiger partial charge in [0.15, 0.2) is 5.67 Å². The smallest absolute Gasteiger partial charge is 0.406 e. The van der Waals surface area contributed by atoms with E-state index in [2.05, 4.69) is 10.1 Å². The van der Waals surface area contributed by atoms with Crippen LogP contribution < -0.4 is 10.1 Å². The lowest BCUT2D eigenvalue weighted by molar-refractivity contribution is -0.274. The van der Waals surface area contributed by atoms with Gasteiger partial charge in [0.25, 0.3) is 5.91 Å². The number of sulfonamides is 1. The van der Waals surface area contributed by atoms with Crippen LogP contribution in [0.1, 0.15) is 12.8 Å². The summed E-state index contributed by atoms with van der Waals surface area (Å²) in [5.74, 6) is -1.50. The molecular weight excluding hydrogens is 464 g/mol. The van der Waals surface area contributed by atoms with Crippen molar-refractivity contribution in [2.75, 3.05) is 18.4 Å². The Kier molecular flexibility index (Phi) is 6.49. The second-order valence-electron chi connectivity index (χ2n) is 6.83. The van der Waals surface area contributed by atoms with Crippen molar-refractivity contribution in [1.29, 1.82) is 0 Å². The third-order valence-corrected chi connectivity index (χ3v) is 7.12. The molecule has 31 heavy (non-hydrogen) atoms. The van der Waals surface area contributed by atoms with Crippen molar-refractivity contribution in [1.82, 2.24) is 4.31 Å². The minimum atomic E-state index is -4.86. The van der Waals surface area contributed by atoms with Gasteiger partial charge in [-0.1, -0.05) is 23.7 Å². The average Bonchev–Trinajstić information content (AvgIpc) is 2.69. The zero-order valence-corrected chi connectivity index (χ0v) is 17.4. The van der Waals surface area contributed by atoms with Gasteiger partial charge in [0, 0.05) is 31.6 Å². The number of piperidine rings is 1. The molecule has 1 aliphatic rings. The fourth-order valence-corrected chi connectivity index (χ4v) is 5.02. The second-order valence-corrected chi connectivity index (χ2v) is 9.14. The van der Waals surface area contributed by atoms with E-state index in [4.69, 9.17) is 11.6 Å². The Balaban J connectivity index is 1.63. The lowest BCUT2D eigenvalue weighted by atomic mass is 9.93. The Morgan fingerprint density at radius 2 is 1.65 bits per heavy atom. The molecule has 1 fully saturated rings. The van der Waals surface area contributed by atoms with Crippen LogP contribution in [0.5, 0.6) is 5.75 Å². The molecule has 0 spiro atoms. The van der Waals surface area contributed by atoms with Crippen LogP contribution in [0.15, 0.2) is 53.4 Å². The highest BCUT2D eigenvalue weighted by Crippen LogP contribution is 2.33. The Morgan fingerprint density at radius 3 is 2.19 bits per heavy atom. The number of carbonyl (C=O) groups is 1. The Morgan fingerprint density at radius 1 is 1.06 bits per heavy atom. The molecule has 1 heterocycles. The van der Waals surface area contributed by atoms with Gasteiger partial charge in [0.2, 0.25) is 10.0 Å². The monoisotopic (exact) mass is 480 g/mol. The number of rotatable bonds is 5. The largest absolute Gasteiger partial charge is 0.573 e. The highest BCUT2D eigenvalue weighted by atomic mass is 35.5. The summed E-state index contributed by atoms with van der Waals surface area (Å²) in [5.41, 5.74) is -2.27. The molecule has 1 aliphatic heterocycles. The molecule has 0 aromatic heterocycles. The summed E-state index contributed by atoms with van der Waals surface area (Å²) < 4.78 is 82.0. The van der Waals surface area contributed by atoms with Gasteiger partial charge < -0.3 is 10.1 Å².